The number of carbonyl (C=O) groups excluding carboxylic acids is 2. The standard InChI is InChI=1S/C42H62N4O2.2BrH/c1-3-5-7-9-11-13-15-17-19-21-30-45-32-24-26-37(35-45)41(47)43-39-28-23-29-40(34-39)44-42(48)38-27-25-33-46(36-38)31-22-20-18-16-14-12-10-8-6-4-2;;/h23-29,32-36H,3-22,30-31H2,1-2H3;2*1H. The van der Waals surface area contributed by atoms with Crippen LogP contribution in [0.2, 0.25) is 0 Å². The van der Waals surface area contributed by atoms with Gasteiger partial charge < -0.3 is 44.6 Å². The van der Waals surface area contributed by atoms with Crippen LogP contribution in [0.15, 0.2) is 73.3 Å². The highest BCUT2D eigenvalue weighted by Gasteiger charge is 2.14. The number of halogens is 2. The van der Waals surface area contributed by atoms with Crippen molar-refractivity contribution in [2.45, 2.75) is 155 Å². The Morgan fingerprint density at radius 3 is 1.18 bits per heavy atom. The lowest BCUT2D eigenvalue weighted by molar-refractivity contribution is -0.697. The van der Waals surface area contributed by atoms with E-state index in [1.807, 2.05) is 67.3 Å². The summed E-state index contributed by atoms with van der Waals surface area (Å²) in [5.41, 5.74) is 2.53. The van der Waals surface area contributed by atoms with E-state index >= 15 is 0 Å². The number of carbonyl (C=O) groups is 2. The first-order chi connectivity index (χ1) is 23.6. The second-order valence-corrected chi connectivity index (χ2v) is 13.5. The molecule has 0 aliphatic carbocycles. The van der Waals surface area contributed by atoms with E-state index < -0.39 is 0 Å². The Balaban J connectivity index is 0.00000625. The summed E-state index contributed by atoms with van der Waals surface area (Å²) in [5, 5.41) is 6.00. The molecule has 0 fully saturated rings. The monoisotopic (exact) mass is 814 g/mol. The Bertz CT molecular complexity index is 1240. The van der Waals surface area contributed by atoms with E-state index in [1.54, 1.807) is 6.07 Å². The number of nitrogens with one attached hydrogen (secondary N) is 2. The van der Waals surface area contributed by atoms with Crippen LogP contribution in [0.3, 0.4) is 0 Å². The van der Waals surface area contributed by atoms with Crippen LogP contribution in [-0.2, 0) is 13.1 Å². The highest BCUT2D eigenvalue weighted by atomic mass is 79.9. The molecule has 8 heteroatoms. The average molecular weight is 817 g/mol. The van der Waals surface area contributed by atoms with Crippen LogP contribution in [0.4, 0.5) is 11.4 Å². The van der Waals surface area contributed by atoms with E-state index in [0.29, 0.717) is 22.5 Å². The third-order valence-corrected chi connectivity index (χ3v) is 9.16. The highest BCUT2D eigenvalue weighted by Crippen LogP contribution is 2.17. The zero-order chi connectivity index (χ0) is 34.1. The lowest BCUT2D eigenvalue weighted by Crippen LogP contribution is -3.00. The van der Waals surface area contributed by atoms with Crippen LogP contribution < -0.4 is 53.7 Å². The fourth-order valence-corrected chi connectivity index (χ4v) is 6.24. The van der Waals surface area contributed by atoms with E-state index in [9.17, 15) is 9.59 Å². The van der Waals surface area contributed by atoms with Crippen LogP contribution in [0, 0.1) is 0 Å². The van der Waals surface area contributed by atoms with Gasteiger partial charge in [-0.15, -0.1) is 0 Å². The first-order valence-corrected chi connectivity index (χ1v) is 19.3. The number of unbranched alkanes of at least 4 members (excludes halogenated alkanes) is 18. The van der Waals surface area contributed by atoms with Crippen molar-refractivity contribution in [3.8, 4) is 0 Å². The van der Waals surface area contributed by atoms with Gasteiger partial charge in [0.25, 0.3) is 11.8 Å². The predicted octanol–water partition coefficient (Wildman–Crippen LogP) is 4.62. The molecule has 0 saturated heterocycles. The van der Waals surface area contributed by atoms with E-state index in [1.165, 1.54) is 116 Å². The van der Waals surface area contributed by atoms with Gasteiger partial charge in [-0.3, -0.25) is 9.59 Å². The molecular weight excluding hydrogens is 752 g/mol. The van der Waals surface area contributed by atoms with Crippen molar-refractivity contribution in [1.82, 2.24) is 0 Å². The number of hydrogen-bond acceptors (Lipinski definition) is 2. The molecule has 278 valence electrons. The number of rotatable bonds is 26. The molecule has 0 unspecified atom stereocenters. The first kappa shape index (κ1) is 45.4. The Hall–Kier alpha value is -2.58. The number of aryl methyl sites for hydroxylation is 2. The van der Waals surface area contributed by atoms with Crippen LogP contribution in [0.5, 0.6) is 0 Å². The van der Waals surface area contributed by atoms with Crippen LogP contribution in [0.25, 0.3) is 0 Å². The molecule has 3 rings (SSSR count). The molecule has 2 N–H and O–H groups in total. The van der Waals surface area contributed by atoms with Gasteiger partial charge in [0.2, 0.25) is 0 Å². The van der Waals surface area contributed by atoms with Crippen molar-refractivity contribution in [3.05, 3.63) is 84.4 Å². The molecule has 0 radical (unpaired) electrons. The molecule has 0 aliphatic heterocycles. The maximum atomic E-state index is 13.1. The van der Waals surface area contributed by atoms with Crippen molar-refractivity contribution in [1.29, 1.82) is 0 Å². The molecule has 2 amide bonds. The smallest absolute Gasteiger partial charge is 0.261 e. The van der Waals surface area contributed by atoms with Gasteiger partial charge in [0.05, 0.1) is 0 Å². The van der Waals surface area contributed by atoms with Gasteiger partial charge in [-0.05, 0) is 43.2 Å². The summed E-state index contributed by atoms with van der Waals surface area (Å²) in [5.74, 6) is -0.320. The van der Waals surface area contributed by atoms with E-state index in [2.05, 4.69) is 33.6 Å². The Morgan fingerprint density at radius 2 is 0.820 bits per heavy atom. The topological polar surface area (TPSA) is 66.0 Å². The minimum absolute atomic E-state index is 0. The fraction of sp³-hybridized carbons (Fsp3) is 0.571. The quantitative estimate of drug-likeness (QED) is 0.0920. The first-order valence-electron chi connectivity index (χ1n) is 19.3. The summed E-state index contributed by atoms with van der Waals surface area (Å²) < 4.78 is 4.22. The number of nitrogens with zero attached hydrogens (tertiary/aromatic N) is 2. The van der Waals surface area contributed by atoms with Gasteiger partial charge in [0, 0.05) is 36.3 Å². The summed E-state index contributed by atoms with van der Waals surface area (Å²) in [6, 6.07) is 14.9. The second kappa shape index (κ2) is 29.0. The van der Waals surface area contributed by atoms with Gasteiger partial charge in [-0.25, -0.2) is 9.13 Å². The zero-order valence-corrected chi connectivity index (χ0v) is 34.1. The SMILES string of the molecule is CCCCCCCCCCCC[n+]1cccc(C(=O)Nc2cccc(NC(=O)c3ccc[n+](CCCCCCCCCCCC)c3)c2)c1.[Br-].[Br-]. The highest BCUT2D eigenvalue weighted by molar-refractivity contribution is 6.06. The van der Waals surface area contributed by atoms with Gasteiger partial charge in [0.15, 0.2) is 24.8 Å². The van der Waals surface area contributed by atoms with E-state index in [-0.39, 0.29) is 45.8 Å². The lowest BCUT2D eigenvalue weighted by atomic mass is 10.1. The van der Waals surface area contributed by atoms with E-state index in [0.717, 1.165) is 25.9 Å². The van der Waals surface area contributed by atoms with E-state index in [4.69, 9.17) is 0 Å². The second-order valence-electron chi connectivity index (χ2n) is 13.5. The molecule has 0 bridgehead atoms. The van der Waals surface area contributed by atoms with Crippen molar-refractivity contribution < 1.29 is 52.7 Å². The molecule has 1 aromatic carbocycles. The molecule has 3 aromatic rings. The molecular formula is C42H64Br2N4O2. The number of benzene rings is 1. The zero-order valence-electron chi connectivity index (χ0n) is 31.0. The molecule has 2 heterocycles. The Kier molecular flexibility index (Phi) is 26.4. The van der Waals surface area contributed by atoms with Crippen molar-refractivity contribution >= 4 is 23.2 Å². The lowest BCUT2D eigenvalue weighted by Gasteiger charge is -2.09. The number of anilines is 2. The summed E-state index contributed by atoms with van der Waals surface area (Å²) in [6.07, 6.45) is 34.1. The van der Waals surface area contributed by atoms with Gasteiger partial charge in [0.1, 0.15) is 24.2 Å². The normalized spacial score (nSPS) is 10.6. The summed E-state index contributed by atoms with van der Waals surface area (Å²) in [7, 11) is 0. The Labute approximate surface area is 324 Å². The maximum absolute atomic E-state index is 13.1. The third kappa shape index (κ3) is 19.7. The Morgan fingerprint density at radius 1 is 0.480 bits per heavy atom. The predicted molar refractivity (Wildman–Crippen MR) is 199 cm³/mol. The van der Waals surface area contributed by atoms with Crippen molar-refractivity contribution in [2.24, 2.45) is 0 Å². The van der Waals surface area contributed by atoms with Crippen LogP contribution >= 0.6 is 0 Å². The minimum atomic E-state index is -0.160. The number of aromatic nitrogens is 2. The van der Waals surface area contributed by atoms with Crippen molar-refractivity contribution in [2.75, 3.05) is 10.6 Å². The molecule has 0 aliphatic rings. The molecule has 0 atom stereocenters. The molecule has 0 saturated carbocycles. The van der Waals surface area contributed by atoms with Gasteiger partial charge >= 0.3 is 0 Å². The summed E-state index contributed by atoms with van der Waals surface area (Å²) >= 11 is 0. The maximum Gasteiger partial charge on any atom is 0.261 e. The largest absolute Gasteiger partial charge is 1.00 e. The summed E-state index contributed by atoms with van der Waals surface area (Å²) in [6.45, 7) is 6.36. The van der Waals surface area contributed by atoms with Crippen LogP contribution in [0.1, 0.15) is 163 Å². The van der Waals surface area contributed by atoms with Gasteiger partial charge in [-0.2, -0.15) is 0 Å². The van der Waals surface area contributed by atoms with Crippen LogP contribution in [-0.4, -0.2) is 11.8 Å². The summed E-state index contributed by atoms with van der Waals surface area (Å²) in [4.78, 5) is 26.2. The number of hydrogen-bond donors (Lipinski definition) is 2. The molecule has 50 heavy (non-hydrogen) atoms. The fourth-order valence-electron chi connectivity index (χ4n) is 6.24. The minimum Gasteiger partial charge on any atom is -1.00 e. The third-order valence-electron chi connectivity index (χ3n) is 9.16. The number of amides is 2. The molecule has 0 spiro atoms. The van der Waals surface area contributed by atoms with Crippen molar-refractivity contribution in [3.63, 3.8) is 0 Å². The average Bonchev–Trinajstić information content (AvgIpc) is 3.10. The van der Waals surface area contributed by atoms with Gasteiger partial charge in [-0.1, -0.05) is 123 Å². The molecule has 6 nitrogen and oxygen atoms in total. The molecule has 2 aromatic heterocycles. The number of pyridine rings is 2.